The Kier molecular flexibility index (Phi) is 7.93. The zero-order valence-electron chi connectivity index (χ0n) is 14.6. The van der Waals surface area contributed by atoms with Crippen LogP contribution in [-0.2, 0) is 14.3 Å². The summed E-state index contributed by atoms with van der Waals surface area (Å²) in [5, 5.41) is 5.80. The summed E-state index contributed by atoms with van der Waals surface area (Å²) in [6.45, 7) is 14.5. The summed E-state index contributed by atoms with van der Waals surface area (Å²) < 4.78 is 5.89. The van der Waals surface area contributed by atoms with Crippen molar-refractivity contribution in [2.45, 2.75) is 72.4 Å². The van der Waals surface area contributed by atoms with Crippen LogP contribution in [0.25, 0.3) is 0 Å². The van der Waals surface area contributed by atoms with Gasteiger partial charge in [0.15, 0.2) is 0 Å². The van der Waals surface area contributed by atoms with E-state index >= 15 is 0 Å². The van der Waals surface area contributed by atoms with Crippen LogP contribution in [0.15, 0.2) is 0 Å². The second kappa shape index (κ2) is 8.37. The molecule has 0 aliphatic heterocycles. The Morgan fingerprint density at radius 3 is 2.14 bits per heavy atom. The number of nitrogens with one attached hydrogen (secondary N) is 2. The van der Waals surface area contributed by atoms with E-state index in [1.165, 1.54) is 6.92 Å². The molecule has 21 heavy (non-hydrogen) atoms. The van der Waals surface area contributed by atoms with Gasteiger partial charge < -0.3 is 15.4 Å². The van der Waals surface area contributed by atoms with Gasteiger partial charge in [-0.05, 0) is 40.5 Å². The molecule has 0 fully saturated rings. The summed E-state index contributed by atoms with van der Waals surface area (Å²) in [4.78, 5) is 22.6. The molecule has 0 aliphatic carbocycles. The number of hydrogen-bond acceptors (Lipinski definition) is 3. The second-order valence-electron chi connectivity index (χ2n) is 7.12. The van der Waals surface area contributed by atoms with Crippen molar-refractivity contribution < 1.29 is 14.3 Å². The number of rotatable bonds is 9. The molecule has 5 heteroatoms. The van der Waals surface area contributed by atoms with E-state index in [0.717, 1.165) is 12.8 Å². The van der Waals surface area contributed by atoms with E-state index in [1.807, 2.05) is 41.5 Å². The lowest BCUT2D eigenvalue weighted by Crippen LogP contribution is -2.46. The molecule has 5 nitrogen and oxygen atoms in total. The van der Waals surface area contributed by atoms with Gasteiger partial charge in [0.05, 0.1) is 5.60 Å². The van der Waals surface area contributed by atoms with Gasteiger partial charge in [0, 0.05) is 31.5 Å². The maximum absolute atomic E-state index is 11.7. The van der Waals surface area contributed by atoms with Gasteiger partial charge in [-0.25, -0.2) is 0 Å². The average Bonchev–Trinajstić information content (AvgIpc) is 2.26. The minimum Gasteiger partial charge on any atom is -0.375 e. The first-order valence-electron chi connectivity index (χ1n) is 7.66. The van der Waals surface area contributed by atoms with Crippen LogP contribution in [0.1, 0.15) is 61.3 Å². The maximum atomic E-state index is 11.7. The topological polar surface area (TPSA) is 67.4 Å². The molecule has 2 N–H and O–H groups in total. The van der Waals surface area contributed by atoms with Crippen LogP contribution in [0.4, 0.5) is 0 Å². The Morgan fingerprint density at radius 2 is 1.67 bits per heavy atom. The van der Waals surface area contributed by atoms with Crippen molar-refractivity contribution in [2.75, 3.05) is 13.2 Å². The van der Waals surface area contributed by atoms with E-state index in [1.54, 1.807) is 0 Å². The third kappa shape index (κ3) is 10.3. The first kappa shape index (κ1) is 19.9. The average molecular weight is 300 g/mol. The van der Waals surface area contributed by atoms with Crippen LogP contribution in [-0.4, -0.2) is 36.1 Å². The Hall–Kier alpha value is -1.10. The Bertz CT molecular complexity index is 349. The number of ether oxygens (including phenoxy) is 1. The van der Waals surface area contributed by atoms with Crippen LogP contribution in [0.5, 0.6) is 0 Å². The monoisotopic (exact) mass is 300 g/mol. The van der Waals surface area contributed by atoms with Gasteiger partial charge in [-0.2, -0.15) is 0 Å². The van der Waals surface area contributed by atoms with Gasteiger partial charge in [0.25, 0.3) is 0 Å². The predicted molar refractivity (Wildman–Crippen MR) is 85.0 cm³/mol. The molecular weight excluding hydrogens is 268 g/mol. The molecule has 0 radical (unpaired) electrons. The van der Waals surface area contributed by atoms with Crippen molar-refractivity contribution in [3.63, 3.8) is 0 Å². The Morgan fingerprint density at radius 1 is 1.10 bits per heavy atom. The minimum atomic E-state index is -0.291. The first-order valence-corrected chi connectivity index (χ1v) is 7.66. The molecule has 0 rings (SSSR count). The van der Waals surface area contributed by atoms with Gasteiger partial charge in [-0.1, -0.05) is 13.8 Å². The van der Waals surface area contributed by atoms with Gasteiger partial charge in [0.2, 0.25) is 11.8 Å². The van der Waals surface area contributed by atoms with Crippen molar-refractivity contribution >= 4 is 11.8 Å². The normalized spacial score (nSPS) is 12.4. The second-order valence-corrected chi connectivity index (χ2v) is 7.12. The summed E-state index contributed by atoms with van der Waals surface area (Å²) in [6, 6.07) is 0. The van der Waals surface area contributed by atoms with Crippen LogP contribution < -0.4 is 10.6 Å². The SMILES string of the molecule is CC(=O)NCCC(C)(C)OCCC(C)(C)NC(=O)C(C)C. The highest BCUT2D eigenvalue weighted by Crippen LogP contribution is 2.17. The summed E-state index contributed by atoms with van der Waals surface area (Å²) in [5.74, 6) is 0.0209. The molecule has 2 amide bonds. The van der Waals surface area contributed by atoms with Crippen LogP contribution in [0, 0.1) is 5.92 Å². The lowest BCUT2D eigenvalue weighted by molar-refractivity contribution is -0.126. The first-order chi connectivity index (χ1) is 9.45. The number of carbonyl (C=O) groups is 2. The third-order valence-corrected chi connectivity index (χ3v) is 3.31. The van der Waals surface area contributed by atoms with E-state index in [2.05, 4.69) is 10.6 Å². The fraction of sp³-hybridized carbons (Fsp3) is 0.875. The van der Waals surface area contributed by atoms with Crippen LogP contribution in [0.3, 0.4) is 0 Å². The lowest BCUT2D eigenvalue weighted by Gasteiger charge is -2.31. The number of carbonyl (C=O) groups excluding carboxylic acids is 2. The highest BCUT2D eigenvalue weighted by Gasteiger charge is 2.24. The fourth-order valence-electron chi connectivity index (χ4n) is 1.73. The summed E-state index contributed by atoms with van der Waals surface area (Å²) in [5.41, 5.74) is -0.574. The predicted octanol–water partition coefficient (Wildman–Crippen LogP) is 2.25. The quantitative estimate of drug-likeness (QED) is 0.686. The van der Waals surface area contributed by atoms with E-state index in [0.29, 0.717) is 13.2 Å². The standard InChI is InChI=1S/C16H32N2O3/c1-12(2)14(20)18-15(4,5)9-11-21-16(6,7)8-10-17-13(3)19/h12H,8-11H2,1-7H3,(H,17,19)(H,18,20). The molecular formula is C16H32N2O3. The largest absolute Gasteiger partial charge is 0.375 e. The van der Waals surface area contributed by atoms with Crippen molar-refractivity contribution in [1.82, 2.24) is 10.6 Å². The van der Waals surface area contributed by atoms with Crippen molar-refractivity contribution in [3.05, 3.63) is 0 Å². The molecule has 124 valence electrons. The Balaban J connectivity index is 4.09. The van der Waals surface area contributed by atoms with Gasteiger partial charge in [0.1, 0.15) is 0 Å². The van der Waals surface area contributed by atoms with Gasteiger partial charge >= 0.3 is 0 Å². The number of hydrogen-bond donors (Lipinski definition) is 2. The Labute approximate surface area is 129 Å². The van der Waals surface area contributed by atoms with E-state index in [9.17, 15) is 9.59 Å². The zero-order chi connectivity index (χ0) is 16.7. The van der Waals surface area contributed by atoms with Gasteiger partial charge in [-0.15, -0.1) is 0 Å². The van der Waals surface area contributed by atoms with E-state index in [4.69, 9.17) is 4.74 Å². The van der Waals surface area contributed by atoms with Gasteiger partial charge in [-0.3, -0.25) is 9.59 Å². The minimum absolute atomic E-state index is 0.0145. The molecule has 0 aromatic carbocycles. The van der Waals surface area contributed by atoms with Crippen LogP contribution >= 0.6 is 0 Å². The maximum Gasteiger partial charge on any atom is 0.222 e. The molecule has 0 aromatic heterocycles. The van der Waals surface area contributed by atoms with Crippen molar-refractivity contribution in [1.29, 1.82) is 0 Å². The van der Waals surface area contributed by atoms with Crippen molar-refractivity contribution in [2.24, 2.45) is 5.92 Å². The molecule has 0 aliphatic rings. The third-order valence-electron chi connectivity index (χ3n) is 3.31. The summed E-state index contributed by atoms with van der Waals surface area (Å²) in [6.07, 6.45) is 1.50. The van der Waals surface area contributed by atoms with Crippen molar-refractivity contribution in [3.8, 4) is 0 Å². The van der Waals surface area contributed by atoms with E-state index < -0.39 is 0 Å². The highest BCUT2D eigenvalue weighted by atomic mass is 16.5. The molecule has 0 atom stereocenters. The molecule has 0 bridgehead atoms. The van der Waals surface area contributed by atoms with Crippen LogP contribution in [0.2, 0.25) is 0 Å². The fourth-order valence-corrected chi connectivity index (χ4v) is 1.73. The zero-order valence-corrected chi connectivity index (χ0v) is 14.6. The molecule has 0 saturated heterocycles. The highest BCUT2D eigenvalue weighted by molar-refractivity contribution is 5.78. The molecule has 0 aromatic rings. The molecule has 0 heterocycles. The summed E-state index contributed by atoms with van der Waals surface area (Å²) >= 11 is 0. The molecule has 0 unspecified atom stereocenters. The lowest BCUT2D eigenvalue weighted by atomic mass is 9.99. The molecule has 0 saturated carbocycles. The number of amides is 2. The summed E-state index contributed by atoms with van der Waals surface area (Å²) in [7, 11) is 0. The molecule has 0 spiro atoms. The van der Waals surface area contributed by atoms with E-state index in [-0.39, 0.29) is 28.9 Å². The smallest absolute Gasteiger partial charge is 0.222 e.